The van der Waals surface area contributed by atoms with E-state index in [4.69, 9.17) is 23.8 Å². The van der Waals surface area contributed by atoms with Crippen LogP contribution in [-0.2, 0) is 6.54 Å². The number of halogens is 1. The number of nitrogens with one attached hydrogen (secondary N) is 1. The number of thiocarbonyl (C=S) groups is 1. The molecule has 0 amide bonds. The Labute approximate surface area is 173 Å². The van der Waals surface area contributed by atoms with Gasteiger partial charge in [-0.25, -0.2) is 0 Å². The molecule has 0 unspecified atom stereocenters. The van der Waals surface area contributed by atoms with E-state index in [0.29, 0.717) is 6.04 Å². The Kier molecular flexibility index (Phi) is 6.74. The summed E-state index contributed by atoms with van der Waals surface area (Å²) in [5, 5.41) is 5.03. The van der Waals surface area contributed by atoms with Gasteiger partial charge in [0.25, 0.3) is 0 Å². The van der Waals surface area contributed by atoms with E-state index in [2.05, 4.69) is 60.3 Å². The molecule has 27 heavy (non-hydrogen) atoms. The van der Waals surface area contributed by atoms with Crippen LogP contribution in [0.2, 0.25) is 5.02 Å². The van der Waals surface area contributed by atoms with Crippen molar-refractivity contribution >= 4 is 34.6 Å². The Morgan fingerprint density at radius 1 is 1.15 bits per heavy atom. The van der Waals surface area contributed by atoms with Gasteiger partial charge in [-0.3, -0.25) is 0 Å². The van der Waals surface area contributed by atoms with Crippen molar-refractivity contribution in [2.24, 2.45) is 0 Å². The van der Waals surface area contributed by atoms with Gasteiger partial charge in [0.05, 0.1) is 0 Å². The summed E-state index contributed by atoms with van der Waals surface area (Å²) in [4.78, 5) is 4.70. The van der Waals surface area contributed by atoms with Gasteiger partial charge in [-0.15, -0.1) is 0 Å². The van der Waals surface area contributed by atoms with Crippen LogP contribution in [0.1, 0.15) is 29.5 Å². The molecular weight excluding hydrogens is 374 g/mol. The lowest BCUT2D eigenvalue weighted by atomic mass is 10.0. The van der Waals surface area contributed by atoms with Crippen molar-refractivity contribution in [3.63, 3.8) is 0 Å². The Bertz CT molecular complexity index is 800. The highest BCUT2D eigenvalue weighted by molar-refractivity contribution is 7.80. The molecule has 0 radical (unpaired) electrons. The van der Waals surface area contributed by atoms with Crippen molar-refractivity contribution in [1.82, 2.24) is 9.80 Å². The molecule has 0 aliphatic carbocycles. The number of rotatable bonds is 4. The van der Waals surface area contributed by atoms with Gasteiger partial charge in [0.2, 0.25) is 0 Å². The Hall–Kier alpha value is -1.62. The summed E-state index contributed by atoms with van der Waals surface area (Å²) >= 11 is 12.3. The van der Waals surface area contributed by atoms with Crippen molar-refractivity contribution in [2.75, 3.05) is 25.5 Å². The number of likely N-dealkylation sites (tertiary alicyclic amines) is 1. The zero-order valence-corrected chi connectivity index (χ0v) is 17.9. The lowest BCUT2D eigenvalue weighted by molar-refractivity contribution is 0.173. The van der Waals surface area contributed by atoms with Gasteiger partial charge in [-0.2, -0.15) is 0 Å². The molecule has 0 saturated carbocycles. The fourth-order valence-electron chi connectivity index (χ4n) is 3.50. The normalized spacial score (nSPS) is 15.6. The Morgan fingerprint density at radius 2 is 1.85 bits per heavy atom. The first-order valence-electron chi connectivity index (χ1n) is 9.51. The fraction of sp³-hybridized carbons (Fsp3) is 0.409. The highest BCUT2D eigenvalue weighted by Gasteiger charge is 2.26. The molecule has 1 N–H and O–H groups in total. The second-order valence-electron chi connectivity index (χ2n) is 7.48. The first-order chi connectivity index (χ1) is 12.9. The van der Waals surface area contributed by atoms with Crippen molar-refractivity contribution in [3.05, 3.63) is 64.2 Å². The van der Waals surface area contributed by atoms with Crippen molar-refractivity contribution < 1.29 is 0 Å². The molecule has 3 rings (SSSR count). The summed E-state index contributed by atoms with van der Waals surface area (Å²) in [6.45, 7) is 7.17. The summed E-state index contributed by atoms with van der Waals surface area (Å²) < 4.78 is 0. The predicted molar refractivity (Wildman–Crippen MR) is 120 cm³/mol. The van der Waals surface area contributed by atoms with Crippen LogP contribution >= 0.6 is 23.8 Å². The van der Waals surface area contributed by atoms with E-state index in [1.54, 1.807) is 0 Å². The van der Waals surface area contributed by atoms with E-state index in [0.717, 1.165) is 53.9 Å². The molecule has 0 atom stereocenters. The molecule has 144 valence electrons. The molecule has 1 heterocycles. The van der Waals surface area contributed by atoms with E-state index in [1.807, 2.05) is 18.2 Å². The van der Waals surface area contributed by atoms with Gasteiger partial charge < -0.3 is 15.1 Å². The molecule has 2 aromatic rings. The summed E-state index contributed by atoms with van der Waals surface area (Å²) in [6, 6.07) is 14.8. The highest BCUT2D eigenvalue weighted by atomic mass is 35.5. The predicted octanol–water partition coefficient (Wildman–Crippen LogP) is 5.25. The maximum Gasteiger partial charge on any atom is 0.173 e. The molecule has 1 aliphatic rings. The van der Waals surface area contributed by atoms with Crippen LogP contribution in [-0.4, -0.2) is 41.1 Å². The van der Waals surface area contributed by atoms with Crippen LogP contribution in [0.3, 0.4) is 0 Å². The fourth-order valence-corrected chi connectivity index (χ4v) is 4.02. The van der Waals surface area contributed by atoms with E-state index in [-0.39, 0.29) is 0 Å². The van der Waals surface area contributed by atoms with Crippen molar-refractivity contribution in [2.45, 2.75) is 39.3 Å². The standard InChI is InChI=1S/C22H28ClN3S/c1-16-8-9-19(14-17(16)2)24-22(27)26(20-10-12-25(3)13-11-20)15-18-6-4-5-7-21(18)23/h4-9,14,20H,10-13,15H2,1-3H3,(H,24,27). The zero-order valence-electron chi connectivity index (χ0n) is 16.3. The van der Waals surface area contributed by atoms with E-state index >= 15 is 0 Å². The Balaban J connectivity index is 1.80. The van der Waals surface area contributed by atoms with Crippen LogP contribution < -0.4 is 5.32 Å². The Morgan fingerprint density at radius 3 is 2.52 bits per heavy atom. The zero-order chi connectivity index (χ0) is 19.4. The molecule has 0 bridgehead atoms. The van der Waals surface area contributed by atoms with Gasteiger partial charge in [-0.1, -0.05) is 35.9 Å². The average molecular weight is 402 g/mol. The molecule has 0 spiro atoms. The molecule has 1 saturated heterocycles. The molecule has 1 aliphatic heterocycles. The van der Waals surface area contributed by atoms with Gasteiger partial charge in [-0.05, 0) is 93.9 Å². The third-order valence-corrected chi connectivity index (χ3v) is 6.15. The van der Waals surface area contributed by atoms with Gasteiger partial charge in [0.15, 0.2) is 5.11 Å². The molecule has 3 nitrogen and oxygen atoms in total. The van der Waals surface area contributed by atoms with Gasteiger partial charge >= 0.3 is 0 Å². The van der Waals surface area contributed by atoms with Gasteiger partial charge in [0, 0.05) is 23.3 Å². The summed E-state index contributed by atoms with van der Waals surface area (Å²) in [6.07, 6.45) is 2.21. The summed E-state index contributed by atoms with van der Waals surface area (Å²) in [5.74, 6) is 0. The SMILES string of the molecule is Cc1ccc(NC(=S)N(Cc2ccccc2Cl)C2CCN(C)CC2)cc1C. The molecule has 1 fully saturated rings. The minimum atomic E-state index is 0.420. The number of hydrogen-bond acceptors (Lipinski definition) is 2. The minimum absolute atomic E-state index is 0.420. The number of aryl methyl sites for hydroxylation is 2. The molecule has 0 aromatic heterocycles. The maximum atomic E-state index is 6.43. The van der Waals surface area contributed by atoms with Crippen molar-refractivity contribution in [3.8, 4) is 0 Å². The van der Waals surface area contributed by atoms with E-state index in [9.17, 15) is 0 Å². The molecule has 5 heteroatoms. The van der Waals surface area contributed by atoms with Gasteiger partial charge in [0.1, 0.15) is 0 Å². The quantitative estimate of drug-likeness (QED) is 0.705. The third kappa shape index (κ3) is 5.22. The molecular formula is C22H28ClN3S. The second-order valence-corrected chi connectivity index (χ2v) is 8.28. The first-order valence-corrected chi connectivity index (χ1v) is 10.3. The third-order valence-electron chi connectivity index (χ3n) is 5.45. The van der Waals surface area contributed by atoms with Crippen LogP contribution in [0.5, 0.6) is 0 Å². The smallest absolute Gasteiger partial charge is 0.173 e. The maximum absolute atomic E-state index is 6.43. The average Bonchev–Trinajstić information content (AvgIpc) is 2.65. The monoisotopic (exact) mass is 401 g/mol. The van der Waals surface area contributed by atoms with Crippen LogP contribution in [0.4, 0.5) is 5.69 Å². The summed E-state index contributed by atoms with van der Waals surface area (Å²) in [7, 11) is 2.18. The number of nitrogens with zero attached hydrogens (tertiary/aromatic N) is 2. The van der Waals surface area contributed by atoms with E-state index < -0.39 is 0 Å². The summed E-state index contributed by atoms with van der Waals surface area (Å²) in [5.41, 5.74) is 4.71. The van der Waals surface area contributed by atoms with Crippen LogP contribution in [0.25, 0.3) is 0 Å². The number of benzene rings is 2. The van der Waals surface area contributed by atoms with Crippen LogP contribution in [0, 0.1) is 13.8 Å². The topological polar surface area (TPSA) is 18.5 Å². The van der Waals surface area contributed by atoms with E-state index in [1.165, 1.54) is 11.1 Å². The number of anilines is 1. The molecule has 2 aromatic carbocycles. The first kappa shape index (κ1) is 20.1. The van der Waals surface area contributed by atoms with Crippen LogP contribution in [0.15, 0.2) is 42.5 Å². The lowest BCUT2D eigenvalue weighted by Crippen LogP contribution is -2.47. The largest absolute Gasteiger partial charge is 0.342 e. The van der Waals surface area contributed by atoms with Crippen molar-refractivity contribution in [1.29, 1.82) is 0 Å². The highest BCUT2D eigenvalue weighted by Crippen LogP contribution is 2.24. The minimum Gasteiger partial charge on any atom is -0.342 e. The lowest BCUT2D eigenvalue weighted by Gasteiger charge is -2.39. The number of piperidine rings is 1. The number of hydrogen-bond donors (Lipinski definition) is 1. The second kappa shape index (κ2) is 9.05.